The first-order valence-electron chi connectivity index (χ1n) is 7.46. The molecule has 0 radical (unpaired) electrons. The molecule has 1 aliphatic carbocycles. The highest BCUT2D eigenvalue weighted by Crippen LogP contribution is 2.42. The van der Waals surface area contributed by atoms with Crippen LogP contribution in [0.5, 0.6) is 5.75 Å². The van der Waals surface area contributed by atoms with Crippen LogP contribution in [0.3, 0.4) is 0 Å². The summed E-state index contributed by atoms with van der Waals surface area (Å²) >= 11 is 1.72. The molecule has 0 aliphatic heterocycles. The molecule has 4 heteroatoms. The minimum absolute atomic E-state index is 0.0545. The van der Waals surface area contributed by atoms with Gasteiger partial charge in [0.1, 0.15) is 11.8 Å². The first-order chi connectivity index (χ1) is 10.2. The normalized spacial score (nSPS) is 15.2. The Morgan fingerprint density at radius 1 is 1.38 bits per heavy atom. The van der Waals surface area contributed by atoms with Crippen molar-refractivity contribution in [3.05, 3.63) is 34.5 Å². The van der Waals surface area contributed by atoms with Crippen molar-refractivity contribution in [2.24, 2.45) is 0 Å². The third kappa shape index (κ3) is 2.66. The third-order valence-electron chi connectivity index (χ3n) is 4.12. The van der Waals surface area contributed by atoms with Crippen LogP contribution in [0.25, 0.3) is 10.4 Å². The summed E-state index contributed by atoms with van der Waals surface area (Å²) < 4.78 is 0. The average Bonchev–Trinajstić information content (AvgIpc) is 3.15. The van der Waals surface area contributed by atoms with Crippen molar-refractivity contribution >= 4 is 11.3 Å². The fraction of sp³-hybridized carbons (Fsp3) is 0.412. The quantitative estimate of drug-likeness (QED) is 0.900. The molecule has 3 nitrogen and oxygen atoms in total. The van der Waals surface area contributed by atoms with Crippen LogP contribution >= 0.6 is 11.3 Å². The third-order valence-corrected chi connectivity index (χ3v) is 5.39. The Kier molecular flexibility index (Phi) is 3.94. The van der Waals surface area contributed by atoms with Crippen LogP contribution in [0.15, 0.2) is 18.2 Å². The predicted octanol–water partition coefficient (Wildman–Crippen LogP) is 4.61. The summed E-state index contributed by atoms with van der Waals surface area (Å²) in [5, 5.41) is 20.0. The van der Waals surface area contributed by atoms with Gasteiger partial charge in [0.2, 0.25) is 0 Å². The Hall–Kier alpha value is -1.86. The summed E-state index contributed by atoms with van der Waals surface area (Å²) in [6, 6.07) is 7.31. The minimum atomic E-state index is 0.0545. The van der Waals surface area contributed by atoms with Crippen molar-refractivity contribution < 1.29 is 5.11 Å². The van der Waals surface area contributed by atoms with Crippen molar-refractivity contribution in [2.45, 2.75) is 44.9 Å². The summed E-state index contributed by atoms with van der Waals surface area (Å²) in [4.78, 5) is 6.00. The average molecular weight is 298 g/mol. The molecule has 1 saturated carbocycles. The maximum atomic E-state index is 9.93. The molecule has 0 amide bonds. The zero-order valence-corrected chi connectivity index (χ0v) is 12.9. The van der Waals surface area contributed by atoms with Gasteiger partial charge in [-0.2, -0.15) is 5.26 Å². The van der Waals surface area contributed by atoms with Crippen molar-refractivity contribution in [1.82, 2.24) is 4.98 Å². The van der Waals surface area contributed by atoms with Crippen LogP contribution in [-0.2, 0) is 6.42 Å². The summed E-state index contributed by atoms with van der Waals surface area (Å²) in [6.45, 7) is 2.12. The molecule has 0 saturated heterocycles. The molecule has 0 unspecified atom stereocenters. The molecule has 1 heterocycles. The molecule has 0 bridgehead atoms. The van der Waals surface area contributed by atoms with Crippen LogP contribution in [0.1, 0.15) is 54.8 Å². The Morgan fingerprint density at radius 3 is 2.76 bits per heavy atom. The molecular formula is C17H18N2OS. The number of phenolic OH excluding ortho intramolecular Hbond substituents is 1. The minimum Gasteiger partial charge on any atom is -0.507 e. The van der Waals surface area contributed by atoms with Gasteiger partial charge < -0.3 is 5.11 Å². The number of nitriles is 1. The van der Waals surface area contributed by atoms with Gasteiger partial charge in [-0.3, -0.25) is 0 Å². The second-order valence-electron chi connectivity index (χ2n) is 5.50. The topological polar surface area (TPSA) is 56.9 Å². The highest BCUT2D eigenvalue weighted by molar-refractivity contribution is 7.15. The zero-order valence-electron chi connectivity index (χ0n) is 12.1. The highest BCUT2D eigenvalue weighted by Gasteiger charge is 2.24. The van der Waals surface area contributed by atoms with E-state index in [9.17, 15) is 5.11 Å². The van der Waals surface area contributed by atoms with Gasteiger partial charge in [-0.1, -0.05) is 25.8 Å². The Bertz CT molecular complexity index is 693. The van der Waals surface area contributed by atoms with E-state index in [4.69, 9.17) is 10.2 Å². The van der Waals surface area contributed by atoms with E-state index in [1.807, 2.05) is 12.1 Å². The number of thiazole rings is 1. The summed E-state index contributed by atoms with van der Waals surface area (Å²) in [6.07, 6.45) is 5.92. The van der Waals surface area contributed by atoms with Crippen molar-refractivity contribution in [2.75, 3.05) is 0 Å². The molecule has 1 aliphatic rings. The fourth-order valence-electron chi connectivity index (χ4n) is 2.98. The lowest BCUT2D eigenvalue weighted by Crippen LogP contribution is -1.95. The largest absolute Gasteiger partial charge is 0.507 e. The molecule has 1 N–H and O–H groups in total. The molecule has 108 valence electrons. The molecule has 1 aromatic carbocycles. The van der Waals surface area contributed by atoms with Gasteiger partial charge in [-0.25, -0.2) is 4.98 Å². The molecule has 1 fully saturated rings. The zero-order chi connectivity index (χ0) is 14.8. The van der Waals surface area contributed by atoms with Gasteiger partial charge in [0, 0.05) is 5.92 Å². The van der Waals surface area contributed by atoms with Crippen LogP contribution in [0, 0.1) is 11.3 Å². The van der Waals surface area contributed by atoms with Crippen molar-refractivity contribution in [3.8, 4) is 22.3 Å². The Balaban J connectivity index is 2.06. The van der Waals surface area contributed by atoms with E-state index < -0.39 is 0 Å². The van der Waals surface area contributed by atoms with E-state index in [1.165, 1.54) is 36.3 Å². The Morgan fingerprint density at radius 2 is 2.14 bits per heavy atom. The van der Waals surface area contributed by atoms with E-state index in [0.717, 1.165) is 17.0 Å². The van der Waals surface area contributed by atoms with Crippen LogP contribution in [0.4, 0.5) is 0 Å². The van der Waals surface area contributed by atoms with E-state index in [-0.39, 0.29) is 5.75 Å². The van der Waals surface area contributed by atoms with Gasteiger partial charge in [0.15, 0.2) is 0 Å². The van der Waals surface area contributed by atoms with Gasteiger partial charge in [0.05, 0.1) is 21.1 Å². The van der Waals surface area contributed by atoms with E-state index in [0.29, 0.717) is 11.5 Å². The van der Waals surface area contributed by atoms with E-state index >= 15 is 0 Å². The molecule has 21 heavy (non-hydrogen) atoms. The molecular weight excluding hydrogens is 280 g/mol. The Labute approximate surface area is 128 Å². The second-order valence-corrected chi connectivity index (χ2v) is 6.58. The summed E-state index contributed by atoms with van der Waals surface area (Å²) in [5.41, 5.74) is 2.49. The van der Waals surface area contributed by atoms with Gasteiger partial charge in [-0.15, -0.1) is 11.3 Å². The maximum Gasteiger partial charge on any atom is 0.133 e. The smallest absolute Gasteiger partial charge is 0.133 e. The summed E-state index contributed by atoms with van der Waals surface area (Å²) in [7, 11) is 0. The van der Waals surface area contributed by atoms with E-state index in [2.05, 4.69) is 6.92 Å². The SMILES string of the molecule is CCc1nc(C2CCCC2)c(-c2ccc(C#N)c(O)c2)s1. The maximum absolute atomic E-state index is 9.93. The van der Waals surface area contributed by atoms with E-state index in [1.54, 1.807) is 23.5 Å². The number of hydrogen-bond donors (Lipinski definition) is 1. The van der Waals surface area contributed by atoms with Gasteiger partial charge >= 0.3 is 0 Å². The summed E-state index contributed by atoms with van der Waals surface area (Å²) in [5.74, 6) is 0.605. The number of benzene rings is 1. The first-order valence-corrected chi connectivity index (χ1v) is 8.27. The van der Waals surface area contributed by atoms with Crippen LogP contribution < -0.4 is 0 Å². The van der Waals surface area contributed by atoms with Crippen LogP contribution in [0.2, 0.25) is 0 Å². The lowest BCUT2D eigenvalue weighted by atomic mass is 9.99. The monoisotopic (exact) mass is 298 g/mol. The first kappa shape index (κ1) is 14.1. The number of nitrogens with zero attached hydrogens (tertiary/aromatic N) is 2. The number of aromatic hydroxyl groups is 1. The number of aryl methyl sites for hydroxylation is 1. The lowest BCUT2D eigenvalue weighted by Gasteiger charge is -2.09. The second kappa shape index (κ2) is 5.87. The number of hydrogen-bond acceptors (Lipinski definition) is 4. The van der Waals surface area contributed by atoms with Crippen molar-refractivity contribution in [1.29, 1.82) is 5.26 Å². The number of aromatic nitrogens is 1. The standard InChI is InChI=1S/C17H18N2OS/c1-2-15-19-16(11-5-3-4-6-11)17(21-15)12-7-8-13(10-18)14(20)9-12/h7-9,11,20H,2-6H2,1H3. The molecule has 0 atom stereocenters. The molecule has 3 rings (SSSR count). The molecule has 0 spiro atoms. The highest BCUT2D eigenvalue weighted by atomic mass is 32.1. The molecule has 2 aromatic rings. The van der Waals surface area contributed by atoms with Crippen LogP contribution in [-0.4, -0.2) is 10.1 Å². The van der Waals surface area contributed by atoms with Gasteiger partial charge in [-0.05, 0) is 37.0 Å². The van der Waals surface area contributed by atoms with Crippen molar-refractivity contribution in [3.63, 3.8) is 0 Å². The number of rotatable bonds is 3. The number of phenols is 1. The fourth-order valence-corrected chi connectivity index (χ4v) is 4.07. The lowest BCUT2D eigenvalue weighted by molar-refractivity contribution is 0.474. The van der Waals surface area contributed by atoms with Gasteiger partial charge in [0.25, 0.3) is 0 Å². The predicted molar refractivity (Wildman–Crippen MR) is 84.5 cm³/mol. The molecule has 1 aromatic heterocycles.